The molecule has 0 saturated heterocycles. The number of rotatable bonds is 4. The quantitative estimate of drug-likeness (QED) is 0.928. The summed E-state index contributed by atoms with van der Waals surface area (Å²) in [5, 5.41) is 9.90. The molecule has 2 atom stereocenters. The predicted molar refractivity (Wildman–Crippen MR) is 79.6 cm³/mol. The number of aliphatic hydroxyl groups is 1. The lowest BCUT2D eigenvalue weighted by Gasteiger charge is -2.22. The standard InChI is InChI=1S/C16H23N3O/c1-12-6-7-16-17-14(11-19(16)8-12)10-18(2)9-13-4-3-5-15(13)20/h6-8,11,13,15,20H,3-5,9-10H2,1-2H3. The molecule has 2 unspecified atom stereocenters. The van der Waals surface area contributed by atoms with E-state index in [9.17, 15) is 5.11 Å². The molecule has 3 rings (SSSR count). The molecule has 0 aliphatic heterocycles. The summed E-state index contributed by atoms with van der Waals surface area (Å²) in [6, 6.07) is 4.14. The molecule has 108 valence electrons. The van der Waals surface area contributed by atoms with Gasteiger partial charge in [0.1, 0.15) is 5.65 Å². The van der Waals surface area contributed by atoms with Crippen molar-refractivity contribution in [2.45, 2.75) is 38.8 Å². The van der Waals surface area contributed by atoms with Crippen molar-refractivity contribution in [3.05, 3.63) is 35.8 Å². The maximum absolute atomic E-state index is 9.90. The predicted octanol–water partition coefficient (Wildman–Crippen LogP) is 2.24. The summed E-state index contributed by atoms with van der Waals surface area (Å²) in [4.78, 5) is 6.92. The zero-order chi connectivity index (χ0) is 14.1. The number of pyridine rings is 1. The van der Waals surface area contributed by atoms with Gasteiger partial charge in [0.25, 0.3) is 0 Å². The number of fused-ring (bicyclic) bond motifs is 1. The Hall–Kier alpha value is -1.39. The molecule has 1 aliphatic carbocycles. The highest BCUT2D eigenvalue weighted by molar-refractivity contribution is 5.41. The van der Waals surface area contributed by atoms with Gasteiger partial charge < -0.3 is 14.4 Å². The molecule has 2 aromatic rings. The molecule has 0 bridgehead atoms. The second kappa shape index (κ2) is 5.54. The van der Waals surface area contributed by atoms with E-state index < -0.39 is 0 Å². The molecule has 2 aromatic heterocycles. The molecule has 0 spiro atoms. The molecule has 4 nitrogen and oxygen atoms in total. The van der Waals surface area contributed by atoms with E-state index in [0.29, 0.717) is 5.92 Å². The maximum atomic E-state index is 9.90. The van der Waals surface area contributed by atoms with Gasteiger partial charge >= 0.3 is 0 Å². The molecule has 0 radical (unpaired) electrons. The zero-order valence-corrected chi connectivity index (χ0v) is 12.3. The van der Waals surface area contributed by atoms with Gasteiger partial charge in [0, 0.05) is 25.5 Å². The number of hydrogen-bond donors (Lipinski definition) is 1. The fraction of sp³-hybridized carbons (Fsp3) is 0.562. The second-order valence-electron chi connectivity index (χ2n) is 6.16. The van der Waals surface area contributed by atoms with Gasteiger partial charge in [0.15, 0.2) is 0 Å². The van der Waals surface area contributed by atoms with Crippen LogP contribution in [0.1, 0.15) is 30.5 Å². The van der Waals surface area contributed by atoms with Crippen LogP contribution in [-0.4, -0.2) is 39.1 Å². The van der Waals surface area contributed by atoms with Crippen LogP contribution < -0.4 is 0 Å². The van der Waals surface area contributed by atoms with Crippen molar-refractivity contribution in [2.24, 2.45) is 5.92 Å². The van der Waals surface area contributed by atoms with Crippen LogP contribution >= 0.6 is 0 Å². The lowest BCUT2D eigenvalue weighted by Crippen LogP contribution is -2.29. The van der Waals surface area contributed by atoms with E-state index in [1.807, 2.05) is 0 Å². The Bertz CT molecular complexity index is 592. The third-order valence-corrected chi connectivity index (χ3v) is 4.25. The van der Waals surface area contributed by atoms with Crippen LogP contribution in [0.25, 0.3) is 5.65 Å². The minimum absolute atomic E-state index is 0.110. The van der Waals surface area contributed by atoms with Crippen LogP contribution in [0, 0.1) is 12.8 Å². The van der Waals surface area contributed by atoms with E-state index in [1.165, 1.54) is 5.56 Å². The van der Waals surface area contributed by atoms with Crippen LogP contribution in [0.2, 0.25) is 0 Å². The van der Waals surface area contributed by atoms with Gasteiger partial charge in [-0.2, -0.15) is 0 Å². The molecule has 0 aromatic carbocycles. The van der Waals surface area contributed by atoms with E-state index in [0.717, 1.165) is 43.7 Å². The highest BCUT2D eigenvalue weighted by Crippen LogP contribution is 2.26. The fourth-order valence-electron chi connectivity index (χ4n) is 3.20. The Morgan fingerprint density at radius 2 is 2.20 bits per heavy atom. The first-order chi connectivity index (χ1) is 9.61. The summed E-state index contributed by atoms with van der Waals surface area (Å²) < 4.78 is 2.09. The van der Waals surface area contributed by atoms with E-state index in [-0.39, 0.29) is 6.10 Å². The minimum Gasteiger partial charge on any atom is -0.393 e. The van der Waals surface area contributed by atoms with Crippen LogP contribution in [-0.2, 0) is 6.54 Å². The molecule has 1 saturated carbocycles. The smallest absolute Gasteiger partial charge is 0.137 e. The Kier molecular flexibility index (Phi) is 3.76. The average Bonchev–Trinajstić information content (AvgIpc) is 2.95. The van der Waals surface area contributed by atoms with E-state index in [1.54, 1.807) is 0 Å². The summed E-state index contributed by atoms with van der Waals surface area (Å²) in [7, 11) is 2.11. The Morgan fingerprint density at radius 3 is 2.95 bits per heavy atom. The van der Waals surface area contributed by atoms with Gasteiger partial charge in [0.2, 0.25) is 0 Å². The lowest BCUT2D eigenvalue weighted by atomic mass is 10.1. The maximum Gasteiger partial charge on any atom is 0.137 e. The third-order valence-electron chi connectivity index (χ3n) is 4.25. The van der Waals surface area contributed by atoms with Crippen molar-refractivity contribution in [3.8, 4) is 0 Å². The van der Waals surface area contributed by atoms with E-state index >= 15 is 0 Å². The van der Waals surface area contributed by atoms with Crippen molar-refractivity contribution < 1.29 is 5.11 Å². The fourth-order valence-corrected chi connectivity index (χ4v) is 3.20. The van der Waals surface area contributed by atoms with Crippen LogP contribution in [0.3, 0.4) is 0 Å². The highest BCUT2D eigenvalue weighted by atomic mass is 16.3. The van der Waals surface area contributed by atoms with E-state index in [2.05, 4.69) is 52.8 Å². The van der Waals surface area contributed by atoms with Crippen molar-refractivity contribution >= 4 is 5.65 Å². The van der Waals surface area contributed by atoms with Crippen LogP contribution in [0.5, 0.6) is 0 Å². The van der Waals surface area contributed by atoms with Gasteiger partial charge in [-0.3, -0.25) is 0 Å². The van der Waals surface area contributed by atoms with Crippen molar-refractivity contribution in [1.82, 2.24) is 14.3 Å². The molecule has 1 aliphatic rings. The molecule has 0 amide bonds. The largest absolute Gasteiger partial charge is 0.393 e. The van der Waals surface area contributed by atoms with Crippen LogP contribution in [0.4, 0.5) is 0 Å². The summed E-state index contributed by atoms with van der Waals surface area (Å²) in [5.41, 5.74) is 3.33. The topological polar surface area (TPSA) is 40.8 Å². The van der Waals surface area contributed by atoms with Gasteiger partial charge in [0.05, 0.1) is 11.8 Å². The first-order valence-electron chi connectivity index (χ1n) is 7.42. The van der Waals surface area contributed by atoms with Gasteiger partial charge in [-0.15, -0.1) is 0 Å². The Morgan fingerprint density at radius 1 is 1.35 bits per heavy atom. The van der Waals surface area contributed by atoms with Crippen LogP contribution in [0.15, 0.2) is 24.5 Å². The van der Waals surface area contributed by atoms with Crippen molar-refractivity contribution in [2.75, 3.05) is 13.6 Å². The average molecular weight is 273 g/mol. The number of nitrogens with zero attached hydrogens (tertiary/aromatic N) is 3. The molecule has 1 N–H and O–H groups in total. The molecule has 2 heterocycles. The van der Waals surface area contributed by atoms with Gasteiger partial charge in [-0.25, -0.2) is 4.98 Å². The number of aryl methyl sites for hydroxylation is 1. The normalized spacial score (nSPS) is 23.0. The molecule has 1 fully saturated rings. The first-order valence-corrected chi connectivity index (χ1v) is 7.42. The summed E-state index contributed by atoms with van der Waals surface area (Å²) in [6.07, 6.45) is 7.37. The third kappa shape index (κ3) is 2.86. The number of imidazole rings is 1. The highest BCUT2D eigenvalue weighted by Gasteiger charge is 2.26. The Balaban J connectivity index is 1.66. The summed E-state index contributed by atoms with van der Waals surface area (Å²) in [6.45, 7) is 3.88. The molecule has 4 heteroatoms. The SMILES string of the molecule is Cc1ccc2nc(CN(C)CC3CCCC3O)cn2c1. The van der Waals surface area contributed by atoms with Gasteiger partial charge in [-0.1, -0.05) is 12.5 Å². The van der Waals surface area contributed by atoms with Gasteiger partial charge in [-0.05, 0) is 44.4 Å². The van der Waals surface area contributed by atoms with Crippen molar-refractivity contribution in [1.29, 1.82) is 0 Å². The monoisotopic (exact) mass is 273 g/mol. The zero-order valence-electron chi connectivity index (χ0n) is 12.3. The first kappa shape index (κ1) is 13.6. The summed E-state index contributed by atoms with van der Waals surface area (Å²) >= 11 is 0. The number of aromatic nitrogens is 2. The molecular formula is C16H23N3O. The minimum atomic E-state index is -0.110. The lowest BCUT2D eigenvalue weighted by molar-refractivity contribution is 0.107. The Labute approximate surface area is 120 Å². The van der Waals surface area contributed by atoms with E-state index in [4.69, 9.17) is 0 Å². The summed E-state index contributed by atoms with van der Waals surface area (Å²) in [5.74, 6) is 0.430. The molecular weight excluding hydrogens is 250 g/mol. The molecule has 20 heavy (non-hydrogen) atoms. The second-order valence-corrected chi connectivity index (χ2v) is 6.16. The number of hydrogen-bond acceptors (Lipinski definition) is 3. The van der Waals surface area contributed by atoms with Crippen molar-refractivity contribution in [3.63, 3.8) is 0 Å². The number of aliphatic hydroxyl groups excluding tert-OH is 1.